The maximum atomic E-state index is 5.83. The van der Waals surface area contributed by atoms with Crippen molar-refractivity contribution in [1.29, 1.82) is 0 Å². The molecule has 0 aliphatic carbocycles. The zero-order chi connectivity index (χ0) is 9.52. The van der Waals surface area contributed by atoms with Crippen molar-refractivity contribution in [3.8, 4) is 0 Å². The van der Waals surface area contributed by atoms with Crippen LogP contribution in [0.25, 0.3) is 0 Å². The van der Waals surface area contributed by atoms with Crippen LogP contribution in [-0.4, -0.2) is 23.2 Å². The molecule has 0 amide bonds. The molecule has 0 saturated carbocycles. The third-order valence-electron chi connectivity index (χ3n) is 2.30. The SMILES string of the molecule is CCC=S(CCC)C1CCCCO1. The first-order valence-corrected chi connectivity index (χ1v) is 7.04. The summed E-state index contributed by atoms with van der Waals surface area (Å²) in [5.74, 6) is 1.33. The van der Waals surface area contributed by atoms with Crippen LogP contribution >= 0.6 is 10.5 Å². The average molecular weight is 202 g/mol. The molecular formula is C11H22OS. The molecule has 0 radical (unpaired) electrons. The van der Waals surface area contributed by atoms with E-state index in [0.29, 0.717) is 15.9 Å². The van der Waals surface area contributed by atoms with Gasteiger partial charge in [0.2, 0.25) is 0 Å². The lowest BCUT2D eigenvalue weighted by atomic mass is 10.2. The molecule has 13 heavy (non-hydrogen) atoms. The minimum absolute atomic E-state index is 0.442. The third-order valence-corrected chi connectivity index (χ3v) is 4.98. The summed E-state index contributed by atoms with van der Waals surface area (Å²) in [7, 11) is 0.442. The van der Waals surface area contributed by atoms with Crippen LogP contribution in [0.15, 0.2) is 0 Å². The van der Waals surface area contributed by atoms with Gasteiger partial charge in [-0.2, -0.15) is 10.5 Å². The molecule has 1 saturated heterocycles. The molecule has 0 aromatic rings. The van der Waals surface area contributed by atoms with Gasteiger partial charge < -0.3 is 4.74 Å². The van der Waals surface area contributed by atoms with E-state index in [1.54, 1.807) is 0 Å². The zero-order valence-electron chi connectivity index (χ0n) is 8.92. The molecule has 0 spiro atoms. The van der Waals surface area contributed by atoms with Crippen molar-refractivity contribution in [2.24, 2.45) is 0 Å². The van der Waals surface area contributed by atoms with Crippen molar-refractivity contribution in [2.45, 2.75) is 51.4 Å². The van der Waals surface area contributed by atoms with Gasteiger partial charge in [-0.25, -0.2) is 0 Å². The molecule has 1 aliphatic heterocycles. The van der Waals surface area contributed by atoms with Crippen LogP contribution in [0, 0.1) is 0 Å². The van der Waals surface area contributed by atoms with E-state index in [1.807, 2.05) is 0 Å². The number of hydrogen-bond donors (Lipinski definition) is 0. The molecule has 1 heterocycles. The molecule has 2 heteroatoms. The largest absolute Gasteiger partial charge is 0.368 e. The lowest BCUT2D eigenvalue weighted by molar-refractivity contribution is 0.0725. The lowest BCUT2D eigenvalue weighted by Crippen LogP contribution is -2.18. The van der Waals surface area contributed by atoms with Gasteiger partial charge in [0.05, 0.1) is 5.44 Å². The predicted octanol–water partition coefficient (Wildman–Crippen LogP) is 3.40. The molecule has 78 valence electrons. The Labute approximate surface area is 84.8 Å². The van der Waals surface area contributed by atoms with Crippen LogP contribution in [0.5, 0.6) is 0 Å². The Morgan fingerprint density at radius 3 is 2.77 bits per heavy atom. The second-order valence-electron chi connectivity index (χ2n) is 3.54. The van der Waals surface area contributed by atoms with Gasteiger partial charge in [0.25, 0.3) is 0 Å². The maximum Gasteiger partial charge on any atom is 0.0978 e. The Bertz CT molecular complexity index is 159. The summed E-state index contributed by atoms with van der Waals surface area (Å²) in [4.78, 5) is 0. The van der Waals surface area contributed by atoms with Gasteiger partial charge in [-0.15, -0.1) is 0 Å². The van der Waals surface area contributed by atoms with Gasteiger partial charge in [-0.1, -0.05) is 19.2 Å². The first kappa shape index (κ1) is 11.3. The van der Waals surface area contributed by atoms with Gasteiger partial charge in [0.15, 0.2) is 0 Å². The van der Waals surface area contributed by atoms with Gasteiger partial charge in [0, 0.05) is 6.61 Å². The smallest absolute Gasteiger partial charge is 0.0978 e. The van der Waals surface area contributed by atoms with E-state index >= 15 is 0 Å². The first-order chi connectivity index (χ1) is 6.38. The molecule has 1 aliphatic rings. The Morgan fingerprint density at radius 1 is 1.38 bits per heavy atom. The standard InChI is InChI=1S/C11H22OS/c1-3-9-13(10-4-2)11-7-5-6-8-12-11/h9,11H,3-8,10H2,1-2H3. The van der Waals surface area contributed by atoms with Crippen LogP contribution in [0.2, 0.25) is 0 Å². The number of rotatable bonds is 4. The highest BCUT2D eigenvalue weighted by Crippen LogP contribution is 2.29. The highest BCUT2D eigenvalue weighted by atomic mass is 32.2. The zero-order valence-corrected chi connectivity index (χ0v) is 9.74. The Morgan fingerprint density at radius 2 is 2.23 bits per heavy atom. The van der Waals surface area contributed by atoms with E-state index in [1.165, 1.54) is 37.9 Å². The predicted molar refractivity (Wildman–Crippen MR) is 62.7 cm³/mol. The molecule has 1 rings (SSSR count). The monoisotopic (exact) mass is 202 g/mol. The van der Waals surface area contributed by atoms with Gasteiger partial charge in [-0.3, -0.25) is 0 Å². The topological polar surface area (TPSA) is 9.23 Å². The summed E-state index contributed by atoms with van der Waals surface area (Å²) in [6.45, 7) is 5.50. The Balaban J connectivity index is 2.46. The summed E-state index contributed by atoms with van der Waals surface area (Å²) >= 11 is 0. The fourth-order valence-electron chi connectivity index (χ4n) is 1.72. The Hall–Kier alpha value is 0.180. The summed E-state index contributed by atoms with van der Waals surface area (Å²) in [5.41, 5.74) is 0.564. The molecule has 2 atom stereocenters. The van der Waals surface area contributed by atoms with Crippen LogP contribution in [0.3, 0.4) is 0 Å². The van der Waals surface area contributed by atoms with Crippen molar-refractivity contribution in [3.63, 3.8) is 0 Å². The van der Waals surface area contributed by atoms with Crippen LogP contribution < -0.4 is 0 Å². The van der Waals surface area contributed by atoms with Crippen molar-refractivity contribution in [3.05, 3.63) is 0 Å². The number of hydrogen-bond acceptors (Lipinski definition) is 1. The van der Waals surface area contributed by atoms with Crippen LogP contribution in [-0.2, 0) is 4.74 Å². The first-order valence-electron chi connectivity index (χ1n) is 5.52. The van der Waals surface area contributed by atoms with Gasteiger partial charge >= 0.3 is 0 Å². The quantitative estimate of drug-likeness (QED) is 0.635. The molecule has 0 N–H and O–H groups in total. The maximum absolute atomic E-state index is 5.83. The summed E-state index contributed by atoms with van der Waals surface area (Å²) in [5, 5.41) is 2.47. The van der Waals surface area contributed by atoms with E-state index < -0.39 is 0 Å². The average Bonchev–Trinajstić information content (AvgIpc) is 2.19. The summed E-state index contributed by atoms with van der Waals surface area (Å²) < 4.78 is 5.83. The van der Waals surface area contributed by atoms with Crippen molar-refractivity contribution in [1.82, 2.24) is 0 Å². The van der Waals surface area contributed by atoms with Crippen molar-refractivity contribution >= 4 is 15.9 Å². The summed E-state index contributed by atoms with van der Waals surface area (Å²) in [6, 6.07) is 0. The van der Waals surface area contributed by atoms with E-state index in [4.69, 9.17) is 4.74 Å². The second kappa shape index (κ2) is 6.61. The minimum Gasteiger partial charge on any atom is -0.368 e. The van der Waals surface area contributed by atoms with E-state index in [-0.39, 0.29) is 0 Å². The fourth-order valence-corrected chi connectivity index (χ4v) is 4.01. The second-order valence-corrected chi connectivity index (χ2v) is 5.75. The van der Waals surface area contributed by atoms with E-state index in [2.05, 4.69) is 19.2 Å². The van der Waals surface area contributed by atoms with Gasteiger partial charge in [0.1, 0.15) is 0 Å². The highest BCUT2D eigenvalue weighted by Gasteiger charge is 2.15. The fraction of sp³-hybridized carbons (Fsp3) is 0.909. The van der Waals surface area contributed by atoms with Gasteiger partial charge in [-0.05, 0) is 37.9 Å². The minimum atomic E-state index is 0.442. The molecule has 0 aromatic heterocycles. The van der Waals surface area contributed by atoms with Crippen molar-refractivity contribution in [2.75, 3.05) is 12.4 Å². The molecular weight excluding hydrogens is 180 g/mol. The highest BCUT2D eigenvalue weighted by molar-refractivity contribution is 8.15. The molecule has 1 fully saturated rings. The molecule has 1 nitrogen and oxygen atoms in total. The Kier molecular flexibility index (Phi) is 5.72. The van der Waals surface area contributed by atoms with Crippen molar-refractivity contribution < 1.29 is 4.74 Å². The molecule has 0 bridgehead atoms. The van der Waals surface area contributed by atoms with Crippen LogP contribution in [0.4, 0.5) is 0 Å². The summed E-state index contributed by atoms with van der Waals surface area (Å²) in [6.07, 6.45) is 6.42. The molecule has 2 unspecified atom stereocenters. The van der Waals surface area contributed by atoms with Crippen LogP contribution in [0.1, 0.15) is 46.0 Å². The third kappa shape index (κ3) is 3.82. The normalized spacial score (nSPS) is 26.2. The lowest BCUT2D eigenvalue weighted by Gasteiger charge is -2.26. The van der Waals surface area contributed by atoms with E-state index in [0.717, 1.165) is 6.61 Å². The molecule has 0 aromatic carbocycles. The number of ether oxygens (including phenoxy) is 1. The van der Waals surface area contributed by atoms with E-state index in [9.17, 15) is 0 Å².